The zero-order valence-electron chi connectivity index (χ0n) is 14.8. The topological polar surface area (TPSA) is 84.1 Å². The number of rotatable bonds is 5. The van der Waals surface area contributed by atoms with Crippen molar-refractivity contribution in [3.63, 3.8) is 0 Å². The number of nitrogens with zero attached hydrogens (tertiary/aromatic N) is 1. The van der Waals surface area contributed by atoms with Gasteiger partial charge in [-0.15, -0.1) is 13.2 Å². The Kier molecular flexibility index (Phi) is 5.81. The third-order valence-corrected chi connectivity index (χ3v) is 3.88. The van der Waals surface area contributed by atoms with E-state index in [9.17, 15) is 31.5 Å². The summed E-state index contributed by atoms with van der Waals surface area (Å²) in [5.41, 5.74) is -0.262. The van der Waals surface area contributed by atoms with E-state index < -0.39 is 41.3 Å². The number of halogens is 5. The fourth-order valence-electron chi connectivity index (χ4n) is 2.56. The second-order valence-corrected chi connectivity index (χ2v) is 5.99. The van der Waals surface area contributed by atoms with Crippen molar-refractivity contribution in [3.8, 4) is 5.75 Å². The molecule has 11 heteroatoms. The highest BCUT2D eigenvalue weighted by Crippen LogP contribution is 2.29. The summed E-state index contributed by atoms with van der Waals surface area (Å²) in [6.45, 7) is 0. The van der Waals surface area contributed by atoms with Crippen LogP contribution >= 0.6 is 0 Å². The molecule has 0 radical (unpaired) electrons. The molecule has 3 rings (SSSR count). The van der Waals surface area contributed by atoms with Crippen LogP contribution in [0.1, 0.15) is 27.7 Å². The summed E-state index contributed by atoms with van der Waals surface area (Å²) in [7, 11) is 0. The Labute approximate surface area is 165 Å². The van der Waals surface area contributed by atoms with Gasteiger partial charge in [0.05, 0.1) is 23.5 Å². The highest BCUT2D eigenvalue weighted by atomic mass is 19.4. The van der Waals surface area contributed by atoms with Crippen molar-refractivity contribution in [1.82, 2.24) is 15.3 Å². The van der Waals surface area contributed by atoms with Crippen LogP contribution in [0.4, 0.5) is 22.0 Å². The minimum atomic E-state index is -5.08. The molecule has 0 bridgehead atoms. The second kappa shape index (κ2) is 8.31. The monoisotopic (exact) mass is 425 g/mol. The van der Waals surface area contributed by atoms with Crippen LogP contribution in [0.3, 0.4) is 0 Å². The molecule has 30 heavy (non-hydrogen) atoms. The summed E-state index contributed by atoms with van der Waals surface area (Å²) in [5.74, 6) is -3.73. The quantitative estimate of drug-likeness (QED) is 0.614. The summed E-state index contributed by atoms with van der Waals surface area (Å²) in [6.07, 6.45) is -3.07. The number of hydrogen-bond donors (Lipinski definition) is 2. The number of aromatic amines is 1. The molecule has 0 fully saturated rings. The average Bonchev–Trinajstić information content (AvgIpc) is 2.68. The van der Waals surface area contributed by atoms with Gasteiger partial charge >= 0.3 is 6.36 Å². The Hall–Kier alpha value is -3.76. The maximum absolute atomic E-state index is 14.2. The van der Waals surface area contributed by atoms with E-state index in [2.05, 4.69) is 20.0 Å². The molecule has 0 aliphatic heterocycles. The number of alkyl halides is 3. The van der Waals surface area contributed by atoms with Crippen LogP contribution in [0.5, 0.6) is 5.75 Å². The van der Waals surface area contributed by atoms with E-state index >= 15 is 0 Å². The van der Waals surface area contributed by atoms with Crippen LogP contribution in [0, 0.1) is 11.6 Å². The summed E-state index contributed by atoms with van der Waals surface area (Å²) < 4.78 is 68.0. The first-order chi connectivity index (χ1) is 14.1. The molecule has 0 aliphatic rings. The number of nitrogens with one attached hydrogen (secondary N) is 2. The number of H-pyrrole nitrogens is 1. The predicted octanol–water partition coefficient (Wildman–Crippen LogP) is 3.47. The van der Waals surface area contributed by atoms with E-state index in [-0.39, 0.29) is 16.8 Å². The average molecular weight is 425 g/mol. The van der Waals surface area contributed by atoms with E-state index in [1.54, 1.807) is 0 Å². The van der Waals surface area contributed by atoms with E-state index in [1.165, 1.54) is 12.1 Å². The smallest absolute Gasteiger partial charge is 0.403 e. The van der Waals surface area contributed by atoms with E-state index in [1.807, 2.05) is 0 Å². The number of amides is 1. The molecule has 0 saturated carbocycles. The molecule has 156 valence electrons. The second-order valence-electron chi connectivity index (χ2n) is 5.99. The Bertz CT molecular complexity index is 1090. The van der Waals surface area contributed by atoms with Crippen LogP contribution in [0.2, 0.25) is 0 Å². The highest BCUT2D eigenvalue weighted by Gasteiger charge is 2.32. The highest BCUT2D eigenvalue weighted by molar-refractivity contribution is 5.94. The Morgan fingerprint density at radius 1 is 1.10 bits per heavy atom. The standard InChI is InChI=1S/C19H12F5N3O3/c20-12-3-4-14(25-9-12)17(27-18(29)11-2-6-16(28)26-8-11)10-1-5-15(13(21)7-10)30-19(22,23)24/h1-9,17H,(H,26,28)(H,27,29)/t17-/m0/s1. The van der Waals surface area contributed by atoms with E-state index in [4.69, 9.17) is 0 Å². The molecule has 0 spiro atoms. The van der Waals surface area contributed by atoms with Gasteiger partial charge in [0.15, 0.2) is 11.6 Å². The van der Waals surface area contributed by atoms with Crippen molar-refractivity contribution in [2.24, 2.45) is 0 Å². The number of pyridine rings is 2. The molecule has 1 aromatic carbocycles. The molecule has 1 atom stereocenters. The first-order valence-electron chi connectivity index (χ1n) is 8.28. The molecular weight excluding hydrogens is 413 g/mol. The number of hydrogen-bond acceptors (Lipinski definition) is 4. The molecule has 6 nitrogen and oxygen atoms in total. The van der Waals surface area contributed by atoms with E-state index in [0.29, 0.717) is 0 Å². The minimum Gasteiger partial charge on any atom is -0.403 e. The van der Waals surface area contributed by atoms with Gasteiger partial charge in [0.1, 0.15) is 5.82 Å². The van der Waals surface area contributed by atoms with E-state index in [0.717, 1.165) is 42.7 Å². The van der Waals surface area contributed by atoms with Crippen LogP contribution < -0.4 is 15.6 Å². The third-order valence-electron chi connectivity index (χ3n) is 3.88. The summed E-state index contributed by atoms with van der Waals surface area (Å²) in [5, 5.41) is 2.52. The Balaban J connectivity index is 1.96. The van der Waals surface area contributed by atoms with Gasteiger partial charge in [-0.1, -0.05) is 6.07 Å². The number of ether oxygens (including phenoxy) is 1. The molecule has 2 aromatic heterocycles. The maximum atomic E-state index is 14.2. The maximum Gasteiger partial charge on any atom is 0.573 e. The lowest BCUT2D eigenvalue weighted by atomic mass is 10.0. The van der Waals surface area contributed by atoms with Gasteiger partial charge in [-0.05, 0) is 35.9 Å². The van der Waals surface area contributed by atoms with Gasteiger partial charge in [-0.25, -0.2) is 8.78 Å². The summed E-state index contributed by atoms with van der Waals surface area (Å²) >= 11 is 0. The first kappa shape index (κ1) is 21.0. The van der Waals surface area contributed by atoms with Gasteiger partial charge in [0.2, 0.25) is 5.56 Å². The molecule has 2 N–H and O–H groups in total. The van der Waals surface area contributed by atoms with Crippen molar-refractivity contribution in [2.45, 2.75) is 12.4 Å². The molecule has 1 amide bonds. The summed E-state index contributed by atoms with van der Waals surface area (Å²) in [4.78, 5) is 29.8. The van der Waals surface area contributed by atoms with Crippen LogP contribution in [-0.2, 0) is 0 Å². The SMILES string of the molecule is O=C(N[C@@H](c1ccc(OC(F)(F)F)c(F)c1)c1ccc(F)cn1)c1ccc(=O)[nH]c1. The van der Waals surface area contributed by atoms with Gasteiger partial charge in [-0.2, -0.15) is 0 Å². The molecule has 2 heterocycles. The van der Waals surface area contributed by atoms with Crippen LogP contribution in [-0.4, -0.2) is 22.2 Å². The Morgan fingerprint density at radius 2 is 1.87 bits per heavy atom. The number of carbonyl (C=O) groups is 1. The zero-order valence-corrected chi connectivity index (χ0v) is 14.8. The molecule has 0 aliphatic carbocycles. The Morgan fingerprint density at radius 3 is 2.43 bits per heavy atom. The van der Waals surface area contributed by atoms with Crippen molar-refractivity contribution in [3.05, 3.63) is 93.7 Å². The van der Waals surface area contributed by atoms with Crippen molar-refractivity contribution < 1.29 is 31.5 Å². The lowest BCUT2D eigenvalue weighted by Crippen LogP contribution is -2.30. The van der Waals surface area contributed by atoms with Crippen LogP contribution in [0.25, 0.3) is 0 Å². The lowest BCUT2D eigenvalue weighted by molar-refractivity contribution is -0.275. The fraction of sp³-hybridized carbons (Fsp3) is 0.105. The fourth-order valence-corrected chi connectivity index (χ4v) is 2.56. The number of carbonyl (C=O) groups excluding carboxylic acids is 1. The number of aromatic nitrogens is 2. The normalized spacial score (nSPS) is 12.3. The van der Waals surface area contributed by atoms with Crippen molar-refractivity contribution >= 4 is 5.91 Å². The molecule has 0 saturated heterocycles. The largest absolute Gasteiger partial charge is 0.573 e. The molecule has 0 unspecified atom stereocenters. The van der Waals surface area contributed by atoms with Gasteiger partial charge in [-0.3, -0.25) is 14.6 Å². The third kappa shape index (κ3) is 5.19. The molecular formula is C19H12F5N3O3. The van der Waals surface area contributed by atoms with Gasteiger partial charge in [0, 0.05) is 12.3 Å². The first-order valence-corrected chi connectivity index (χ1v) is 8.28. The lowest BCUT2D eigenvalue weighted by Gasteiger charge is -2.20. The molecule has 3 aromatic rings. The number of benzene rings is 1. The van der Waals surface area contributed by atoms with Crippen LogP contribution in [0.15, 0.2) is 59.7 Å². The van der Waals surface area contributed by atoms with Crippen molar-refractivity contribution in [1.29, 1.82) is 0 Å². The zero-order chi connectivity index (χ0) is 21.9. The predicted molar refractivity (Wildman–Crippen MR) is 93.6 cm³/mol. The van der Waals surface area contributed by atoms with Gasteiger partial charge in [0.25, 0.3) is 5.91 Å². The van der Waals surface area contributed by atoms with Gasteiger partial charge < -0.3 is 15.0 Å². The minimum absolute atomic E-state index is 0.0268. The van der Waals surface area contributed by atoms with Crippen molar-refractivity contribution in [2.75, 3.05) is 0 Å². The summed E-state index contributed by atoms with van der Waals surface area (Å²) in [6, 6.07) is 6.09.